The number of hydrogen-bond donors (Lipinski definition) is 0. The largest absolute Gasteiger partial charge is 0.459 e. The Balaban J connectivity index is 1.40. The van der Waals surface area contributed by atoms with Crippen LogP contribution in [0.1, 0.15) is 22.8 Å². The van der Waals surface area contributed by atoms with Crippen LogP contribution in [0.3, 0.4) is 0 Å². The Kier molecular flexibility index (Phi) is 3.33. The van der Waals surface area contributed by atoms with Crippen LogP contribution < -0.4 is 0 Å². The van der Waals surface area contributed by atoms with Gasteiger partial charge < -0.3 is 18.6 Å². The molecule has 1 spiro atoms. The van der Waals surface area contributed by atoms with Gasteiger partial charge in [-0.25, -0.2) is 4.98 Å². The van der Waals surface area contributed by atoms with Gasteiger partial charge in [-0.2, -0.15) is 0 Å². The first-order valence-electron chi connectivity index (χ1n) is 8.29. The molecule has 0 aliphatic carbocycles. The van der Waals surface area contributed by atoms with Gasteiger partial charge in [-0.15, -0.1) is 11.3 Å². The van der Waals surface area contributed by atoms with Gasteiger partial charge in [0.15, 0.2) is 5.76 Å². The number of amides is 1. The second-order valence-corrected chi connectivity index (χ2v) is 7.50. The summed E-state index contributed by atoms with van der Waals surface area (Å²) in [5, 5.41) is 2.07. The van der Waals surface area contributed by atoms with E-state index in [0.717, 1.165) is 24.5 Å². The molecule has 3 aromatic heterocycles. The molecule has 0 bridgehead atoms. The number of imidazole rings is 1. The van der Waals surface area contributed by atoms with E-state index in [2.05, 4.69) is 21.0 Å². The van der Waals surface area contributed by atoms with E-state index in [4.69, 9.17) is 9.15 Å². The van der Waals surface area contributed by atoms with Crippen molar-refractivity contribution in [3.05, 3.63) is 53.7 Å². The smallest absolute Gasteiger partial charge is 0.289 e. The zero-order valence-electron chi connectivity index (χ0n) is 13.6. The monoisotopic (exact) mass is 355 g/mol. The maximum atomic E-state index is 12.5. The van der Waals surface area contributed by atoms with Gasteiger partial charge in [0, 0.05) is 6.54 Å². The fraction of sp³-hybridized carbons (Fsp3) is 0.333. The number of hydrogen-bond acceptors (Lipinski definition) is 5. The Morgan fingerprint density at radius 2 is 2.24 bits per heavy atom. The Bertz CT molecular complexity index is 900. The Morgan fingerprint density at radius 1 is 1.28 bits per heavy atom. The molecule has 7 heteroatoms. The summed E-state index contributed by atoms with van der Waals surface area (Å²) in [5.41, 5.74) is 0.783. The van der Waals surface area contributed by atoms with Gasteiger partial charge in [-0.3, -0.25) is 4.79 Å². The first-order chi connectivity index (χ1) is 12.2. The minimum absolute atomic E-state index is 0.0691. The Hall–Kier alpha value is -2.38. The number of fused-ring (bicyclic) bond motifs is 1. The number of carbonyl (C=O) groups is 1. The summed E-state index contributed by atoms with van der Waals surface area (Å²) in [6.07, 6.45) is 4.27. The van der Waals surface area contributed by atoms with Crippen LogP contribution in [0.4, 0.5) is 0 Å². The van der Waals surface area contributed by atoms with E-state index in [1.807, 2.05) is 17.2 Å². The molecule has 0 N–H and O–H groups in total. The first kappa shape index (κ1) is 14.9. The highest BCUT2D eigenvalue weighted by Crippen LogP contribution is 2.36. The van der Waals surface area contributed by atoms with Crippen LogP contribution in [0, 0.1) is 0 Å². The van der Waals surface area contributed by atoms with Gasteiger partial charge in [0.1, 0.15) is 18.0 Å². The number of aromatic nitrogens is 2. The number of rotatable bonds is 2. The summed E-state index contributed by atoms with van der Waals surface area (Å²) in [6.45, 7) is 2.46. The highest BCUT2D eigenvalue weighted by molar-refractivity contribution is 7.13. The van der Waals surface area contributed by atoms with E-state index in [-0.39, 0.29) is 11.5 Å². The molecule has 128 valence electrons. The lowest BCUT2D eigenvalue weighted by Gasteiger charge is -2.35. The lowest BCUT2D eigenvalue weighted by Crippen LogP contribution is -2.45. The first-order valence-corrected chi connectivity index (χ1v) is 9.17. The summed E-state index contributed by atoms with van der Waals surface area (Å²) in [4.78, 5) is 20.1. The van der Waals surface area contributed by atoms with Gasteiger partial charge >= 0.3 is 0 Å². The van der Waals surface area contributed by atoms with Gasteiger partial charge in [-0.1, -0.05) is 6.07 Å². The molecule has 0 radical (unpaired) electrons. The molecule has 2 aliphatic rings. The molecule has 3 aromatic rings. The molecular formula is C18H17N3O3S. The molecule has 25 heavy (non-hydrogen) atoms. The molecule has 0 unspecified atom stereocenters. The quantitative estimate of drug-likeness (QED) is 0.709. The van der Waals surface area contributed by atoms with Crippen molar-refractivity contribution in [3.63, 3.8) is 0 Å². The van der Waals surface area contributed by atoms with E-state index in [1.165, 1.54) is 11.1 Å². The van der Waals surface area contributed by atoms with Gasteiger partial charge in [0.05, 0.1) is 36.1 Å². The average molecular weight is 355 g/mol. The van der Waals surface area contributed by atoms with Crippen molar-refractivity contribution in [2.24, 2.45) is 0 Å². The highest BCUT2D eigenvalue weighted by Gasteiger charge is 2.45. The Morgan fingerprint density at radius 3 is 3.04 bits per heavy atom. The number of likely N-dealkylation sites (tertiary alicyclic amines) is 1. The summed E-state index contributed by atoms with van der Waals surface area (Å²) in [6, 6.07) is 7.60. The third kappa shape index (κ3) is 2.42. The molecule has 5 rings (SSSR count). The maximum absolute atomic E-state index is 12.5. The lowest BCUT2D eigenvalue weighted by atomic mass is 10.0. The fourth-order valence-corrected chi connectivity index (χ4v) is 4.44. The molecule has 5 heterocycles. The summed E-state index contributed by atoms with van der Waals surface area (Å²) >= 11 is 1.71. The molecule has 6 nitrogen and oxygen atoms in total. The van der Waals surface area contributed by atoms with Gasteiger partial charge in [0.2, 0.25) is 0 Å². The van der Waals surface area contributed by atoms with Crippen LogP contribution in [0.15, 0.2) is 46.5 Å². The molecule has 0 aromatic carbocycles. The van der Waals surface area contributed by atoms with Crippen LogP contribution >= 0.6 is 11.3 Å². The number of furan rings is 1. The SMILES string of the molecule is O=C(c1ccco1)N1CC[C@@]2(C1)Cn1c(-c3cccs3)cnc1CO2. The fourth-order valence-electron chi connectivity index (χ4n) is 3.70. The number of nitrogens with zero attached hydrogens (tertiary/aromatic N) is 3. The number of ether oxygens (including phenoxy) is 1. The van der Waals surface area contributed by atoms with Crippen LogP contribution in [-0.2, 0) is 17.9 Å². The van der Waals surface area contributed by atoms with Crippen molar-refractivity contribution in [2.75, 3.05) is 13.1 Å². The predicted octanol–water partition coefficient (Wildman–Crippen LogP) is 3.02. The standard InChI is InChI=1S/C18H17N3O3S/c22-17(14-3-1-7-23-14)20-6-5-18(11-20)12-21-13(15-4-2-8-25-15)9-19-16(21)10-24-18/h1-4,7-9H,5-6,10-12H2/t18-/m1/s1. The minimum atomic E-state index is -0.345. The molecule has 1 amide bonds. The van der Waals surface area contributed by atoms with Crippen molar-refractivity contribution in [3.8, 4) is 10.6 Å². The third-order valence-electron chi connectivity index (χ3n) is 5.00. The van der Waals surface area contributed by atoms with Crippen molar-refractivity contribution in [1.29, 1.82) is 0 Å². The zero-order valence-corrected chi connectivity index (χ0v) is 14.4. The Labute approximate surface area is 148 Å². The predicted molar refractivity (Wildman–Crippen MR) is 92.3 cm³/mol. The molecule has 1 atom stereocenters. The maximum Gasteiger partial charge on any atom is 0.289 e. The second kappa shape index (κ2) is 5.57. The van der Waals surface area contributed by atoms with Crippen LogP contribution in [-0.4, -0.2) is 39.0 Å². The van der Waals surface area contributed by atoms with Crippen molar-refractivity contribution in [2.45, 2.75) is 25.2 Å². The minimum Gasteiger partial charge on any atom is -0.459 e. The molecule has 0 saturated carbocycles. The zero-order chi connectivity index (χ0) is 16.9. The van der Waals surface area contributed by atoms with E-state index in [9.17, 15) is 4.79 Å². The van der Waals surface area contributed by atoms with Crippen LogP contribution in [0.25, 0.3) is 10.6 Å². The number of carbonyl (C=O) groups excluding carboxylic acids is 1. The molecular weight excluding hydrogens is 338 g/mol. The van der Waals surface area contributed by atoms with E-state index >= 15 is 0 Å². The van der Waals surface area contributed by atoms with Crippen LogP contribution in [0.5, 0.6) is 0 Å². The second-order valence-electron chi connectivity index (χ2n) is 6.55. The molecule has 2 aliphatic heterocycles. The number of thiophene rings is 1. The van der Waals surface area contributed by atoms with E-state index in [1.54, 1.807) is 23.5 Å². The summed E-state index contributed by atoms with van der Waals surface area (Å²) < 4.78 is 13.7. The molecule has 1 saturated heterocycles. The van der Waals surface area contributed by atoms with Gasteiger partial charge in [-0.05, 0) is 30.0 Å². The summed E-state index contributed by atoms with van der Waals surface area (Å²) in [7, 11) is 0. The van der Waals surface area contributed by atoms with Crippen molar-refractivity contribution >= 4 is 17.2 Å². The van der Waals surface area contributed by atoms with Crippen LogP contribution in [0.2, 0.25) is 0 Å². The van der Waals surface area contributed by atoms with E-state index in [0.29, 0.717) is 25.5 Å². The normalized spacial score (nSPS) is 22.5. The highest BCUT2D eigenvalue weighted by atomic mass is 32.1. The third-order valence-corrected chi connectivity index (χ3v) is 5.89. The average Bonchev–Trinajstić information content (AvgIpc) is 3.41. The van der Waals surface area contributed by atoms with E-state index < -0.39 is 0 Å². The lowest BCUT2D eigenvalue weighted by molar-refractivity contribution is -0.0805. The van der Waals surface area contributed by atoms with Gasteiger partial charge in [0.25, 0.3) is 5.91 Å². The molecule has 1 fully saturated rings. The summed E-state index contributed by atoms with van der Waals surface area (Å²) in [5.74, 6) is 1.26. The van der Waals surface area contributed by atoms with Crippen molar-refractivity contribution in [1.82, 2.24) is 14.5 Å². The van der Waals surface area contributed by atoms with Crippen molar-refractivity contribution < 1.29 is 13.9 Å². The topological polar surface area (TPSA) is 60.5 Å².